The molecule has 0 radical (unpaired) electrons. The van der Waals surface area contributed by atoms with E-state index < -0.39 is 96.5 Å². The number of carbonyl (C=O) groups is 1. The summed E-state index contributed by atoms with van der Waals surface area (Å²) in [4.78, 5) is 36.9. The number of esters is 1. The number of halogens is 3. The number of anilines is 1. The topological polar surface area (TPSA) is 364 Å². The number of ether oxygens (including phenoxy) is 10. The predicted octanol–water partition coefficient (Wildman–Crippen LogP) is 0.934. The van der Waals surface area contributed by atoms with Crippen molar-refractivity contribution in [2.24, 2.45) is 15.9 Å². The van der Waals surface area contributed by atoms with E-state index in [1.54, 1.807) is 11.8 Å². The monoisotopic (exact) mass is 1210 g/mol. The van der Waals surface area contributed by atoms with Crippen LogP contribution in [0.4, 0.5) is 19.0 Å². The van der Waals surface area contributed by atoms with Crippen molar-refractivity contribution in [3.63, 3.8) is 0 Å². The van der Waals surface area contributed by atoms with E-state index in [1.165, 1.54) is 17.1 Å². The molecule has 80 heavy (non-hydrogen) atoms. The van der Waals surface area contributed by atoms with E-state index in [9.17, 15) is 50.6 Å². The van der Waals surface area contributed by atoms with E-state index in [0.29, 0.717) is 67.8 Å². The number of fused-ring (bicyclic) bond motifs is 1. The standard InChI is InChI=1S/C45H69F3N8O21P2S/c1-31-52-43(35-25-51-56(44(35)53-31)45-41(59)40(58)38(76-45)29-75-78(60,61)30-79(62,65-2)66-3)55-26-34(27-55)80(63,64)21-20-73-17-16-71-14-15-72-18-19-74-28-33(54-49)24-50-5-7-68-9-11-70-13-12-69-10-8-67-6-4-39(57)77-42-36(47)22-32(46)23-37(42)48/h22-25,34,38,40-41,45,58-59H,4-21,26-30,49H2,1-3H3,(H,60,61)/t38-,40-,41-,45-/m1/s1. The first kappa shape index (κ1) is 66.6. The Balaban J connectivity index is 0.820. The summed E-state index contributed by atoms with van der Waals surface area (Å²) in [5.74, 6) is -0.707. The highest BCUT2D eigenvalue weighted by atomic mass is 32.2. The Morgan fingerprint density at radius 2 is 1.38 bits per heavy atom. The van der Waals surface area contributed by atoms with Crippen LogP contribution in [-0.4, -0.2) is 243 Å². The molecule has 2 fully saturated rings. The summed E-state index contributed by atoms with van der Waals surface area (Å²) in [5.41, 5.74) is 0.632. The number of nitrogens with two attached hydrogens (primary N) is 1. The number of hydrogen-bond donors (Lipinski definition) is 4. The van der Waals surface area contributed by atoms with E-state index >= 15 is 0 Å². The third-order valence-electron chi connectivity index (χ3n) is 11.5. The second-order valence-corrected chi connectivity index (χ2v) is 24.3. The van der Waals surface area contributed by atoms with Crippen LogP contribution in [0, 0.1) is 24.4 Å². The minimum atomic E-state index is -4.56. The first-order valence-electron chi connectivity index (χ1n) is 24.9. The number of aliphatic hydroxyl groups excluding tert-OH is 2. The van der Waals surface area contributed by atoms with Crippen molar-refractivity contribution in [1.29, 1.82) is 0 Å². The minimum Gasteiger partial charge on any atom is -0.420 e. The molecule has 5 atom stereocenters. The van der Waals surface area contributed by atoms with E-state index in [1.807, 2.05) is 0 Å². The zero-order chi connectivity index (χ0) is 58.1. The maximum atomic E-state index is 13.6. The Bertz CT molecular complexity index is 2650. The van der Waals surface area contributed by atoms with Gasteiger partial charge >= 0.3 is 21.2 Å². The highest BCUT2D eigenvalue weighted by molar-refractivity contribution is 7.92. The number of carbonyl (C=O) groups excluding carboxylic acids is 1. The largest absolute Gasteiger partial charge is 0.420 e. The van der Waals surface area contributed by atoms with Gasteiger partial charge < -0.3 is 86.8 Å². The minimum absolute atomic E-state index is 0.0317. The lowest BCUT2D eigenvalue weighted by atomic mass is 10.1. The molecule has 1 unspecified atom stereocenters. The Kier molecular flexibility index (Phi) is 28.1. The van der Waals surface area contributed by atoms with Crippen LogP contribution in [0.25, 0.3) is 11.0 Å². The Hall–Kier alpha value is -4.22. The van der Waals surface area contributed by atoms with E-state index in [4.69, 9.17) is 62.0 Å². The number of benzene rings is 1. The van der Waals surface area contributed by atoms with Crippen LogP contribution in [0.3, 0.4) is 0 Å². The van der Waals surface area contributed by atoms with Crippen LogP contribution in [0.15, 0.2) is 28.4 Å². The third-order valence-corrected chi connectivity index (χ3v) is 18.1. The Labute approximate surface area is 459 Å². The van der Waals surface area contributed by atoms with Gasteiger partial charge in [0.2, 0.25) is 5.75 Å². The lowest BCUT2D eigenvalue weighted by Crippen LogP contribution is -2.56. The van der Waals surface area contributed by atoms with E-state index in [-0.39, 0.29) is 110 Å². The molecule has 2 aliphatic rings. The molecule has 0 saturated carbocycles. The Morgan fingerprint density at radius 1 is 0.825 bits per heavy atom. The molecule has 5 N–H and O–H groups in total. The molecule has 1 aromatic carbocycles. The van der Waals surface area contributed by atoms with E-state index in [0.717, 1.165) is 14.2 Å². The fourth-order valence-corrected chi connectivity index (χ4v) is 12.3. The molecule has 2 aromatic heterocycles. The number of nitrogens with zero attached hydrogens (tertiary/aromatic N) is 7. The molecule has 3 aromatic rings. The number of rotatable bonds is 41. The van der Waals surface area contributed by atoms with Crippen LogP contribution in [-0.2, 0) is 80.0 Å². The summed E-state index contributed by atoms with van der Waals surface area (Å²) in [6.07, 6.45) is -3.13. The zero-order valence-electron chi connectivity index (χ0n) is 44.3. The van der Waals surface area contributed by atoms with Crippen molar-refractivity contribution in [1.82, 2.24) is 19.7 Å². The average Bonchev–Trinajstić information content (AvgIpc) is 4.17. The molecule has 5 rings (SSSR count). The van der Waals surface area contributed by atoms with Gasteiger partial charge in [-0.2, -0.15) is 10.2 Å². The van der Waals surface area contributed by atoms with Crippen molar-refractivity contribution in [2.75, 3.05) is 163 Å². The summed E-state index contributed by atoms with van der Waals surface area (Å²) >= 11 is 0. The molecule has 0 amide bonds. The molecule has 0 spiro atoms. The third kappa shape index (κ3) is 21.5. The second kappa shape index (κ2) is 33.8. The first-order chi connectivity index (χ1) is 38.3. The van der Waals surface area contributed by atoms with Crippen LogP contribution in [0.5, 0.6) is 5.75 Å². The number of aryl methyl sites for hydroxylation is 1. The summed E-state index contributed by atoms with van der Waals surface area (Å²) in [7, 11) is -9.93. The number of aromatic nitrogens is 4. The smallest absolute Gasteiger partial charge is 0.342 e. The molecule has 2 aliphatic heterocycles. The quantitative estimate of drug-likeness (QED) is 0.0117. The van der Waals surface area contributed by atoms with Crippen molar-refractivity contribution < 1.29 is 112 Å². The van der Waals surface area contributed by atoms with Gasteiger partial charge in [-0.25, -0.2) is 36.2 Å². The number of aliphatic imine (C=N–C) groups is 1. The van der Waals surface area contributed by atoms with Gasteiger partial charge in [-0.3, -0.25) is 18.9 Å². The maximum absolute atomic E-state index is 13.6. The maximum Gasteiger partial charge on any atom is 0.342 e. The first-order valence-corrected chi connectivity index (χ1v) is 30.1. The Morgan fingerprint density at radius 3 is 1.95 bits per heavy atom. The van der Waals surface area contributed by atoms with Gasteiger partial charge in [-0.15, -0.1) is 0 Å². The predicted molar refractivity (Wildman–Crippen MR) is 276 cm³/mol. The normalized spacial score (nSPS) is 19.1. The van der Waals surface area contributed by atoms with Crippen molar-refractivity contribution in [3.8, 4) is 5.75 Å². The fraction of sp³-hybridized carbons (Fsp3) is 0.689. The zero-order valence-corrected chi connectivity index (χ0v) is 46.9. The van der Waals surface area contributed by atoms with Gasteiger partial charge in [0.1, 0.15) is 41.5 Å². The number of sulfone groups is 1. The van der Waals surface area contributed by atoms with Crippen LogP contribution in [0.2, 0.25) is 0 Å². The molecule has 2 saturated heterocycles. The van der Waals surface area contributed by atoms with Crippen LogP contribution >= 0.6 is 15.2 Å². The molecule has 452 valence electrons. The fourth-order valence-electron chi connectivity index (χ4n) is 7.27. The van der Waals surface area contributed by atoms with Gasteiger partial charge in [-0.1, -0.05) is 0 Å². The summed E-state index contributed by atoms with van der Waals surface area (Å²) in [5, 5.41) is 29.3. The van der Waals surface area contributed by atoms with Gasteiger partial charge in [0.15, 0.2) is 39.2 Å². The SMILES string of the molecule is COP(=O)(CP(=O)(O)OC[C@H]1O[C@@H](n2ncc3c(N4CC(S(=O)(=O)CCOCCOCCOCCOCC(C=NCCOCCOCCOCCOCCC(=O)Oc5c(F)cc(F)cc5F)=NN)C4)nc(C)nc32)[C@H](O)[C@@H]1O)OC. The van der Waals surface area contributed by atoms with Crippen molar-refractivity contribution >= 4 is 59.8 Å². The molecule has 0 bridgehead atoms. The van der Waals surface area contributed by atoms with Crippen molar-refractivity contribution in [2.45, 2.75) is 43.1 Å². The van der Waals surface area contributed by atoms with Crippen LogP contribution in [0.1, 0.15) is 18.5 Å². The van der Waals surface area contributed by atoms with Crippen LogP contribution < -0.4 is 15.5 Å². The highest BCUT2D eigenvalue weighted by Crippen LogP contribution is 2.60. The molecule has 35 heteroatoms. The van der Waals surface area contributed by atoms with E-state index in [2.05, 4.69) is 29.9 Å². The summed E-state index contributed by atoms with van der Waals surface area (Å²) in [6, 6.07) is 0.815. The molecule has 29 nitrogen and oxygen atoms in total. The molecule has 4 heterocycles. The number of hydrogen-bond acceptors (Lipinski definition) is 27. The van der Waals surface area contributed by atoms with Crippen molar-refractivity contribution in [3.05, 3.63) is 41.6 Å². The van der Waals surface area contributed by atoms with Gasteiger partial charge in [0, 0.05) is 45.7 Å². The molecular weight excluding hydrogens is 1140 g/mol. The summed E-state index contributed by atoms with van der Waals surface area (Å²) in [6.45, 7) is 5.05. The van der Waals surface area contributed by atoms with Gasteiger partial charge in [-0.05, 0) is 6.92 Å². The molecule has 0 aliphatic carbocycles. The number of hydrazone groups is 1. The lowest BCUT2D eigenvalue weighted by Gasteiger charge is -2.39. The number of aliphatic hydroxyl groups is 2. The highest BCUT2D eigenvalue weighted by Gasteiger charge is 2.47. The molecular formula is C45H69F3N8O21P2S. The van der Waals surface area contributed by atoms with Gasteiger partial charge in [0.05, 0.1) is 148 Å². The average molecular weight is 1210 g/mol. The summed E-state index contributed by atoms with van der Waals surface area (Å²) < 4.78 is 161. The lowest BCUT2D eigenvalue weighted by molar-refractivity contribution is -0.136. The van der Waals surface area contributed by atoms with Gasteiger partial charge in [0.25, 0.3) is 0 Å². The second-order valence-electron chi connectivity index (χ2n) is 17.3.